The van der Waals surface area contributed by atoms with E-state index in [2.05, 4.69) is 21.3 Å². The summed E-state index contributed by atoms with van der Waals surface area (Å²) in [6.45, 7) is 4.64. The van der Waals surface area contributed by atoms with Crippen molar-refractivity contribution in [2.45, 2.75) is 38.1 Å². The molecular formula is C22H26F4N4O3. The maximum Gasteiger partial charge on any atom is 0.490 e. The highest BCUT2D eigenvalue weighted by molar-refractivity contribution is 5.73. The van der Waals surface area contributed by atoms with Gasteiger partial charge in [-0.25, -0.2) is 13.9 Å². The van der Waals surface area contributed by atoms with Gasteiger partial charge in [0.15, 0.2) is 0 Å². The van der Waals surface area contributed by atoms with Gasteiger partial charge >= 0.3 is 12.1 Å². The summed E-state index contributed by atoms with van der Waals surface area (Å²) in [4.78, 5) is 11.3. The Kier molecular flexibility index (Phi) is 9.74. The first-order valence-electron chi connectivity index (χ1n) is 10.3. The highest BCUT2D eigenvalue weighted by atomic mass is 19.4. The number of carboxylic acid groups (broad SMARTS) is 1. The minimum atomic E-state index is -5.08. The average molecular weight is 470 g/mol. The summed E-state index contributed by atoms with van der Waals surface area (Å²) in [6.07, 6.45) is 6.37. The van der Waals surface area contributed by atoms with Gasteiger partial charge in [-0.1, -0.05) is 41.7 Å². The van der Waals surface area contributed by atoms with Crippen molar-refractivity contribution in [3.63, 3.8) is 0 Å². The molecule has 3 rings (SSSR count). The Labute approximate surface area is 188 Å². The highest BCUT2D eigenvalue weighted by Crippen LogP contribution is 2.22. The third-order valence-corrected chi connectivity index (χ3v) is 4.90. The minimum absolute atomic E-state index is 0.214. The van der Waals surface area contributed by atoms with Gasteiger partial charge in [0.1, 0.15) is 11.5 Å². The molecule has 0 amide bonds. The van der Waals surface area contributed by atoms with E-state index in [-0.39, 0.29) is 5.82 Å². The van der Waals surface area contributed by atoms with Crippen LogP contribution in [0.3, 0.4) is 0 Å². The number of hydrogen-bond acceptors (Lipinski definition) is 5. The van der Waals surface area contributed by atoms with E-state index in [0.29, 0.717) is 11.7 Å². The smallest absolute Gasteiger partial charge is 0.475 e. The lowest BCUT2D eigenvalue weighted by molar-refractivity contribution is -0.192. The number of piperidine rings is 1. The van der Waals surface area contributed by atoms with Crippen LogP contribution < -0.4 is 0 Å². The lowest BCUT2D eigenvalue weighted by Crippen LogP contribution is -2.34. The monoisotopic (exact) mass is 470 g/mol. The quantitative estimate of drug-likeness (QED) is 0.490. The van der Waals surface area contributed by atoms with Crippen LogP contribution in [-0.4, -0.2) is 61.9 Å². The van der Waals surface area contributed by atoms with Gasteiger partial charge < -0.3 is 10.2 Å². The largest absolute Gasteiger partial charge is 0.490 e. The number of aliphatic carboxylic acids is 1. The van der Waals surface area contributed by atoms with Crippen molar-refractivity contribution in [1.29, 1.82) is 0 Å². The van der Waals surface area contributed by atoms with Crippen molar-refractivity contribution < 1.29 is 32.6 Å². The minimum Gasteiger partial charge on any atom is -0.475 e. The van der Waals surface area contributed by atoms with Crippen LogP contribution >= 0.6 is 0 Å². The molecule has 0 saturated carbocycles. The van der Waals surface area contributed by atoms with E-state index < -0.39 is 18.2 Å². The summed E-state index contributed by atoms with van der Waals surface area (Å²) in [5.41, 5.74) is 1.62. The van der Waals surface area contributed by atoms with Crippen LogP contribution in [0.25, 0.3) is 6.08 Å². The van der Waals surface area contributed by atoms with Crippen molar-refractivity contribution in [2.75, 3.05) is 19.6 Å². The molecule has 1 aromatic carbocycles. The second-order valence-electron chi connectivity index (χ2n) is 7.47. The van der Waals surface area contributed by atoms with Crippen LogP contribution in [0.2, 0.25) is 0 Å². The fourth-order valence-corrected chi connectivity index (χ4v) is 3.06. The van der Waals surface area contributed by atoms with Gasteiger partial charge in [-0.05, 0) is 37.5 Å². The average Bonchev–Trinajstić information content (AvgIpc) is 3.26. The molecule has 1 fully saturated rings. The third kappa shape index (κ3) is 9.15. The van der Waals surface area contributed by atoms with Crippen molar-refractivity contribution in [2.24, 2.45) is 0 Å². The van der Waals surface area contributed by atoms with Crippen molar-refractivity contribution in [3.05, 3.63) is 65.8 Å². The summed E-state index contributed by atoms with van der Waals surface area (Å²) in [7, 11) is 0. The standard InChI is InChI=1S/C20H25FN4O.C2HF3O2/c1-16(26)20-15-25(23-22-20)19-10-13-24(14-11-19)12-4-2-3-5-17-6-8-18(21)9-7-17;3-2(4,5)1(6)7/h2-9,15-16,19,26H,10-14H2,1H3;(H,6,7). The maximum atomic E-state index is 12.8. The number of benzene rings is 1. The van der Waals surface area contributed by atoms with E-state index in [1.807, 2.05) is 29.1 Å². The van der Waals surface area contributed by atoms with E-state index in [9.17, 15) is 22.7 Å². The van der Waals surface area contributed by atoms with E-state index in [1.165, 1.54) is 12.1 Å². The van der Waals surface area contributed by atoms with E-state index >= 15 is 0 Å². The molecule has 180 valence electrons. The molecule has 1 saturated heterocycles. The predicted octanol–water partition coefficient (Wildman–Crippen LogP) is 4.01. The summed E-state index contributed by atoms with van der Waals surface area (Å²) < 4.78 is 46.5. The second kappa shape index (κ2) is 12.3. The number of halogens is 4. The van der Waals surface area contributed by atoms with Gasteiger partial charge in [0.2, 0.25) is 0 Å². The van der Waals surface area contributed by atoms with E-state index in [1.54, 1.807) is 19.1 Å². The Bertz CT molecular complexity index is 932. The predicted molar refractivity (Wildman–Crippen MR) is 114 cm³/mol. The van der Waals surface area contributed by atoms with Gasteiger partial charge in [0.25, 0.3) is 0 Å². The molecule has 7 nitrogen and oxygen atoms in total. The van der Waals surface area contributed by atoms with Crippen LogP contribution in [-0.2, 0) is 4.79 Å². The topological polar surface area (TPSA) is 91.5 Å². The number of alkyl halides is 3. The third-order valence-electron chi connectivity index (χ3n) is 4.90. The number of carboxylic acids is 1. The van der Waals surface area contributed by atoms with Crippen molar-refractivity contribution >= 4 is 12.0 Å². The molecule has 0 radical (unpaired) electrons. The van der Waals surface area contributed by atoms with Crippen LogP contribution in [0.5, 0.6) is 0 Å². The SMILES string of the molecule is CC(O)c1cn(C2CCN(CC=CC=Cc3ccc(F)cc3)CC2)nn1.O=C(O)C(F)(F)F. The Morgan fingerprint density at radius 3 is 2.33 bits per heavy atom. The molecule has 1 unspecified atom stereocenters. The molecule has 2 aromatic rings. The van der Waals surface area contributed by atoms with Gasteiger partial charge in [-0.3, -0.25) is 4.90 Å². The zero-order valence-electron chi connectivity index (χ0n) is 18.0. The number of allylic oxidation sites excluding steroid dienone is 2. The molecule has 33 heavy (non-hydrogen) atoms. The van der Waals surface area contributed by atoms with E-state index in [0.717, 1.165) is 38.0 Å². The number of carbonyl (C=O) groups is 1. The first-order valence-corrected chi connectivity index (χ1v) is 10.3. The van der Waals surface area contributed by atoms with Crippen molar-refractivity contribution in [1.82, 2.24) is 19.9 Å². The summed E-state index contributed by atoms with van der Waals surface area (Å²) in [5.74, 6) is -2.97. The summed E-state index contributed by atoms with van der Waals surface area (Å²) in [6, 6.07) is 6.81. The molecular weight excluding hydrogens is 444 g/mol. The fourth-order valence-electron chi connectivity index (χ4n) is 3.06. The van der Waals surface area contributed by atoms with Crippen LogP contribution in [0.15, 0.2) is 48.7 Å². The number of likely N-dealkylation sites (tertiary alicyclic amines) is 1. The number of hydrogen-bond donors (Lipinski definition) is 2. The Morgan fingerprint density at radius 2 is 1.82 bits per heavy atom. The van der Waals surface area contributed by atoms with E-state index in [4.69, 9.17) is 9.90 Å². The van der Waals surface area contributed by atoms with Gasteiger partial charge in [-0.2, -0.15) is 13.2 Å². The molecule has 0 spiro atoms. The number of aliphatic hydroxyl groups excluding tert-OH is 1. The second-order valence-corrected chi connectivity index (χ2v) is 7.47. The molecule has 1 aliphatic heterocycles. The fraction of sp³-hybridized carbons (Fsp3) is 0.409. The number of nitrogens with zero attached hydrogens (tertiary/aromatic N) is 4. The number of rotatable bonds is 6. The van der Waals surface area contributed by atoms with Gasteiger partial charge in [0.05, 0.1) is 18.3 Å². The number of aromatic nitrogens is 3. The zero-order valence-corrected chi connectivity index (χ0v) is 18.0. The maximum absolute atomic E-state index is 12.8. The Hall–Kier alpha value is -3.05. The van der Waals surface area contributed by atoms with Crippen molar-refractivity contribution in [3.8, 4) is 0 Å². The first-order chi connectivity index (χ1) is 15.6. The zero-order chi connectivity index (χ0) is 24.4. The number of aliphatic hydroxyl groups is 1. The van der Waals surface area contributed by atoms with Crippen LogP contribution in [0, 0.1) is 5.82 Å². The molecule has 1 atom stereocenters. The lowest BCUT2D eigenvalue weighted by Gasteiger charge is -2.30. The molecule has 2 heterocycles. The summed E-state index contributed by atoms with van der Waals surface area (Å²) in [5, 5.41) is 24.8. The molecule has 0 bridgehead atoms. The molecule has 11 heteroatoms. The van der Waals surface area contributed by atoms with Crippen LogP contribution in [0.4, 0.5) is 17.6 Å². The molecule has 1 aromatic heterocycles. The first kappa shape index (κ1) is 26.2. The molecule has 2 N–H and O–H groups in total. The molecule has 0 aliphatic carbocycles. The Morgan fingerprint density at radius 1 is 1.21 bits per heavy atom. The molecule has 1 aliphatic rings. The highest BCUT2D eigenvalue weighted by Gasteiger charge is 2.38. The summed E-state index contributed by atoms with van der Waals surface area (Å²) >= 11 is 0. The Balaban J connectivity index is 0.000000479. The lowest BCUT2D eigenvalue weighted by atomic mass is 10.1. The normalized spacial score (nSPS) is 16.7. The van der Waals surface area contributed by atoms with Crippen LogP contribution in [0.1, 0.15) is 43.2 Å². The van der Waals surface area contributed by atoms with Gasteiger partial charge in [-0.15, -0.1) is 5.10 Å². The van der Waals surface area contributed by atoms with Gasteiger partial charge in [0, 0.05) is 19.6 Å².